The van der Waals surface area contributed by atoms with Gasteiger partial charge in [0, 0.05) is 29.8 Å². The quantitative estimate of drug-likeness (QED) is 0.304. The molecule has 0 fully saturated rings. The Balaban J connectivity index is 1.72. The second-order valence-electron chi connectivity index (χ2n) is 5.66. The van der Waals surface area contributed by atoms with Gasteiger partial charge in [0.05, 0.1) is 18.5 Å². The Hall–Kier alpha value is -3.75. The van der Waals surface area contributed by atoms with Gasteiger partial charge in [-0.15, -0.1) is 0 Å². The van der Waals surface area contributed by atoms with E-state index in [1.54, 1.807) is 24.3 Å². The standard InChI is InChI=1S/C19H18N2O7/c1-27-16-8-2-13(3-9-16)17(22)12-28-19(24)11-10-18(23)20-14-4-6-15(7-5-14)21(25)26/h2-9H,10-12H2,1H3,(H,20,23). The third kappa shape index (κ3) is 6.20. The molecule has 9 heteroatoms. The Labute approximate surface area is 160 Å². The van der Waals surface area contributed by atoms with E-state index in [9.17, 15) is 24.5 Å². The summed E-state index contributed by atoms with van der Waals surface area (Å²) in [6.45, 7) is -0.421. The van der Waals surface area contributed by atoms with Crippen molar-refractivity contribution in [2.75, 3.05) is 19.0 Å². The summed E-state index contributed by atoms with van der Waals surface area (Å²) >= 11 is 0. The first-order valence-corrected chi connectivity index (χ1v) is 8.26. The molecule has 0 saturated heterocycles. The summed E-state index contributed by atoms with van der Waals surface area (Å²) in [5, 5.41) is 13.1. The summed E-state index contributed by atoms with van der Waals surface area (Å²) in [7, 11) is 1.51. The number of hydrogen-bond acceptors (Lipinski definition) is 7. The van der Waals surface area contributed by atoms with Gasteiger partial charge in [-0.25, -0.2) is 0 Å². The van der Waals surface area contributed by atoms with Crippen LogP contribution in [-0.4, -0.2) is 36.3 Å². The Morgan fingerprint density at radius 1 is 1.00 bits per heavy atom. The molecule has 28 heavy (non-hydrogen) atoms. The molecular formula is C19H18N2O7. The number of nitrogens with zero attached hydrogens (tertiary/aromatic N) is 1. The number of esters is 1. The first-order chi connectivity index (χ1) is 13.4. The molecule has 2 rings (SSSR count). The molecule has 2 aromatic rings. The number of non-ortho nitro benzene ring substituents is 1. The van der Waals surface area contributed by atoms with Crippen LogP contribution in [0.5, 0.6) is 5.75 Å². The molecule has 0 aromatic heterocycles. The maximum Gasteiger partial charge on any atom is 0.306 e. The molecule has 0 aliphatic heterocycles. The summed E-state index contributed by atoms with van der Waals surface area (Å²) in [6.07, 6.45) is -0.346. The van der Waals surface area contributed by atoms with Gasteiger partial charge in [-0.3, -0.25) is 24.5 Å². The third-order valence-electron chi connectivity index (χ3n) is 3.69. The van der Waals surface area contributed by atoms with E-state index < -0.39 is 23.4 Å². The van der Waals surface area contributed by atoms with Crippen LogP contribution in [0.1, 0.15) is 23.2 Å². The Kier molecular flexibility index (Phi) is 7.21. The first-order valence-electron chi connectivity index (χ1n) is 8.26. The number of nitrogens with one attached hydrogen (secondary N) is 1. The Morgan fingerprint density at radius 2 is 1.64 bits per heavy atom. The highest BCUT2D eigenvalue weighted by Crippen LogP contribution is 2.16. The zero-order valence-corrected chi connectivity index (χ0v) is 15.0. The fourth-order valence-corrected chi connectivity index (χ4v) is 2.18. The molecule has 0 atom stereocenters. The van der Waals surface area contributed by atoms with Gasteiger partial charge in [0.15, 0.2) is 12.4 Å². The van der Waals surface area contributed by atoms with Gasteiger partial charge in [0.25, 0.3) is 5.69 Å². The van der Waals surface area contributed by atoms with Crippen molar-refractivity contribution in [2.24, 2.45) is 0 Å². The van der Waals surface area contributed by atoms with Crippen LogP contribution in [0.2, 0.25) is 0 Å². The molecule has 0 bridgehead atoms. The topological polar surface area (TPSA) is 125 Å². The van der Waals surface area contributed by atoms with Crippen molar-refractivity contribution in [1.82, 2.24) is 0 Å². The highest BCUT2D eigenvalue weighted by molar-refractivity contribution is 5.98. The predicted molar refractivity (Wildman–Crippen MR) is 99.2 cm³/mol. The van der Waals surface area contributed by atoms with E-state index in [1.807, 2.05) is 0 Å². The van der Waals surface area contributed by atoms with E-state index in [-0.39, 0.29) is 24.3 Å². The summed E-state index contributed by atoms with van der Waals surface area (Å²) in [4.78, 5) is 45.5. The summed E-state index contributed by atoms with van der Waals surface area (Å²) in [5.41, 5.74) is 0.659. The maximum atomic E-state index is 12.0. The lowest BCUT2D eigenvalue weighted by molar-refractivity contribution is -0.384. The second kappa shape index (κ2) is 9.81. The van der Waals surface area contributed by atoms with Crippen molar-refractivity contribution in [2.45, 2.75) is 12.8 Å². The minimum Gasteiger partial charge on any atom is -0.497 e. The summed E-state index contributed by atoms with van der Waals surface area (Å²) < 4.78 is 9.88. The molecular weight excluding hydrogens is 368 g/mol. The number of nitro benzene ring substituents is 1. The number of ether oxygens (including phenoxy) is 2. The zero-order valence-electron chi connectivity index (χ0n) is 15.0. The Bertz CT molecular complexity index is 861. The van der Waals surface area contributed by atoms with Gasteiger partial charge in [-0.1, -0.05) is 0 Å². The average Bonchev–Trinajstić information content (AvgIpc) is 2.71. The maximum absolute atomic E-state index is 12.0. The highest BCUT2D eigenvalue weighted by Gasteiger charge is 2.13. The lowest BCUT2D eigenvalue weighted by Gasteiger charge is -2.06. The highest BCUT2D eigenvalue weighted by atomic mass is 16.6. The van der Waals surface area contributed by atoms with E-state index in [4.69, 9.17) is 9.47 Å². The van der Waals surface area contributed by atoms with Crippen molar-refractivity contribution < 1.29 is 28.8 Å². The number of nitro groups is 1. The summed E-state index contributed by atoms with van der Waals surface area (Å²) in [6, 6.07) is 11.7. The number of amides is 1. The van der Waals surface area contributed by atoms with Crippen molar-refractivity contribution >= 4 is 29.0 Å². The van der Waals surface area contributed by atoms with Gasteiger partial charge >= 0.3 is 5.97 Å². The molecule has 0 heterocycles. The SMILES string of the molecule is COc1ccc(C(=O)COC(=O)CCC(=O)Nc2ccc([N+](=O)[O-])cc2)cc1. The van der Waals surface area contributed by atoms with Crippen LogP contribution in [0.25, 0.3) is 0 Å². The number of benzene rings is 2. The molecule has 146 valence electrons. The number of ketones is 1. The van der Waals surface area contributed by atoms with Crippen LogP contribution in [0.3, 0.4) is 0 Å². The van der Waals surface area contributed by atoms with Crippen LogP contribution in [-0.2, 0) is 14.3 Å². The van der Waals surface area contributed by atoms with E-state index >= 15 is 0 Å². The third-order valence-corrected chi connectivity index (χ3v) is 3.69. The van der Waals surface area contributed by atoms with E-state index in [2.05, 4.69) is 5.32 Å². The van der Waals surface area contributed by atoms with Crippen molar-refractivity contribution in [3.63, 3.8) is 0 Å². The lowest BCUT2D eigenvalue weighted by atomic mass is 10.1. The van der Waals surface area contributed by atoms with Gasteiger partial charge in [0.2, 0.25) is 5.91 Å². The summed E-state index contributed by atoms with van der Waals surface area (Å²) in [5.74, 6) is -0.896. The number of methoxy groups -OCH3 is 1. The van der Waals surface area contributed by atoms with Crippen LogP contribution >= 0.6 is 0 Å². The molecule has 1 N–H and O–H groups in total. The van der Waals surface area contributed by atoms with Crippen LogP contribution in [0.4, 0.5) is 11.4 Å². The van der Waals surface area contributed by atoms with Crippen molar-refractivity contribution in [3.8, 4) is 5.75 Å². The van der Waals surface area contributed by atoms with Crippen molar-refractivity contribution in [3.05, 3.63) is 64.2 Å². The van der Waals surface area contributed by atoms with Crippen LogP contribution in [0, 0.1) is 10.1 Å². The molecule has 0 unspecified atom stereocenters. The minimum atomic E-state index is -0.680. The number of rotatable bonds is 9. The van der Waals surface area contributed by atoms with Gasteiger partial charge in [0.1, 0.15) is 5.75 Å². The molecule has 0 spiro atoms. The zero-order chi connectivity index (χ0) is 20.5. The molecule has 1 amide bonds. The number of anilines is 1. The van der Waals surface area contributed by atoms with Crippen LogP contribution < -0.4 is 10.1 Å². The normalized spacial score (nSPS) is 10.0. The number of carbonyl (C=O) groups excluding carboxylic acids is 3. The number of carbonyl (C=O) groups is 3. The number of hydrogen-bond donors (Lipinski definition) is 1. The van der Waals surface area contributed by atoms with Crippen molar-refractivity contribution in [1.29, 1.82) is 0 Å². The largest absolute Gasteiger partial charge is 0.497 e. The average molecular weight is 386 g/mol. The molecule has 0 aliphatic rings. The molecule has 2 aromatic carbocycles. The monoisotopic (exact) mass is 386 g/mol. The fraction of sp³-hybridized carbons (Fsp3) is 0.211. The van der Waals surface area contributed by atoms with Crippen LogP contribution in [0.15, 0.2) is 48.5 Å². The lowest BCUT2D eigenvalue weighted by Crippen LogP contribution is -2.17. The van der Waals surface area contributed by atoms with Gasteiger partial charge in [-0.05, 0) is 36.4 Å². The fourth-order valence-electron chi connectivity index (χ4n) is 2.18. The molecule has 0 radical (unpaired) electrons. The van der Waals surface area contributed by atoms with E-state index in [0.717, 1.165) is 0 Å². The van der Waals surface area contributed by atoms with Gasteiger partial charge < -0.3 is 14.8 Å². The minimum absolute atomic E-state index is 0.0943. The Morgan fingerprint density at radius 3 is 2.21 bits per heavy atom. The molecule has 0 saturated carbocycles. The number of Topliss-reactive ketones (excluding diaryl/α,β-unsaturated/α-hetero) is 1. The molecule has 9 nitrogen and oxygen atoms in total. The van der Waals surface area contributed by atoms with E-state index in [1.165, 1.54) is 31.4 Å². The van der Waals surface area contributed by atoms with E-state index in [0.29, 0.717) is 17.0 Å². The smallest absolute Gasteiger partial charge is 0.306 e. The second-order valence-corrected chi connectivity index (χ2v) is 5.66. The predicted octanol–water partition coefficient (Wildman–Crippen LogP) is 2.75. The molecule has 0 aliphatic carbocycles. The van der Waals surface area contributed by atoms with Gasteiger partial charge in [-0.2, -0.15) is 0 Å². The first kappa shape index (κ1) is 20.6.